The van der Waals surface area contributed by atoms with E-state index in [1.165, 1.54) is 11.8 Å². The lowest BCUT2D eigenvalue weighted by Gasteiger charge is -2.11. The molecule has 0 spiro atoms. The minimum Gasteiger partial charge on any atom is -0.366 e. The first-order valence-electron chi connectivity index (χ1n) is 6.65. The summed E-state index contributed by atoms with van der Waals surface area (Å²) in [5.41, 5.74) is 8.92. The molecule has 0 radical (unpaired) electrons. The summed E-state index contributed by atoms with van der Waals surface area (Å²) in [7, 11) is 0. The molecule has 2 aromatic rings. The lowest BCUT2D eigenvalue weighted by atomic mass is 10.1. The lowest BCUT2D eigenvalue weighted by molar-refractivity contribution is 0.100. The second-order valence-corrected chi connectivity index (χ2v) is 5.19. The fourth-order valence-electron chi connectivity index (χ4n) is 1.99. The number of carbonyl (C=O) groups excluding carboxylic acids is 1. The highest BCUT2D eigenvalue weighted by molar-refractivity contribution is 5.92. The predicted octanol–water partition coefficient (Wildman–Crippen LogP) is 1.78. The minimum absolute atomic E-state index is 0.412. The van der Waals surface area contributed by atoms with Crippen LogP contribution in [-0.2, 0) is 6.54 Å². The van der Waals surface area contributed by atoms with E-state index in [2.05, 4.69) is 36.4 Å². The summed E-state index contributed by atoms with van der Waals surface area (Å²) in [6.07, 6.45) is 3.13. The van der Waals surface area contributed by atoms with Gasteiger partial charge in [0.15, 0.2) is 0 Å². The number of rotatable bonds is 5. The van der Waals surface area contributed by atoms with Gasteiger partial charge in [-0.1, -0.05) is 26.0 Å². The second kappa shape index (κ2) is 5.88. The maximum absolute atomic E-state index is 11.1. The van der Waals surface area contributed by atoms with Gasteiger partial charge in [-0.05, 0) is 24.1 Å². The van der Waals surface area contributed by atoms with Crippen LogP contribution < -0.4 is 11.1 Å². The van der Waals surface area contributed by atoms with Crippen molar-refractivity contribution in [3.05, 3.63) is 47.3 Å². The van der Waals surface area contributed by atoms with Crippen molar-refractivity contribution in [3.8, 4) is 5.69 Å². The number of hydrogen-bond donors (Lipinski definition) is 2. The number of aromatic nitrogens is 2. The maximum Gasteiger partial charge on any atom is 0.251 e. The highest BCUT2D eigenvalue weighted by atomic mass is 16.1. The molecule has 106 valence electrons. The quantitative estimate of drug-likeness (QED) is 0.871. The number of nitrogens with one attached hydrogen (secondary N) is 1. The van der Waals surface area contributed by atoms with Crippen molar-refractivity contribution in [2.24, 2.45) is 5.73 Å². The summed E-state index contributed by atoms with van der Waals surface area (Å²) in [5.74, 6) is -0.466. The average molecular weight is 272 g/mol. The van der Waals surface area contributed by atoms with Gasteiger partial charge < -0.3 is 11.1 Å². The zero-order valence-electron chi connectivity index (χ0n) is 12.1. The van der Waals surface area contributed by atoms with Crippen LogP contribution >= 0.6 is 0 Å². The van der Waals surface area contributed by atoms with Gasteiger partial charge in [-0.2, -0.15) is 5.10 Å². The topological polar surface area (TPSA) is 72.9 Å². The molecule has 0 aliphatic rings. The van der Waals surface area contributed by atoms with Gasteiger partial charge in [-0.15, -0.1) is 0 Å². The molecule has 1 aromatic heterocycles. The van der Waals surface area contributed by atoms with Gasteiger partial charge in [-0.3, -0.25) is 4.79 Å². The molecule has 0 aliphatic heterocycles. The number of hydrogen-bond acceptors (Lipinski definition) is 3. The van der Waals surface area contributed by atoms with Crippen LogP contribution in [0.15, 0.2) is 30.6 Å². The Morgan fingerprint density at radius 2 is 2.20 bits per heavy atom. The van der Waals surface area contributed by atoms with Gasteiger partial charge >= 0.3 is 0 Å². The number of nitrogens with zero attached hydrogens (tertiary/aromatic N) is 2. The Kier molecular flexibility index (Phi) is 4.20. The fraction of sp³-hybridized carbons (Fsp3) is 0.333. The number of carbonyl (C=O) groups is 1. The molecule has 2 rings (SSSR count). The van der Waals surface area contributed by atoms with Gasteiger partial charge in [0, 0.05) is 18.8 Å². The van der Waals surface area contributed by atoms with Crippen molar-refractivity contribution in [1.29, 1.82) is 0 Å². The van der Waals surface area contributed by atoms with Crippen molar-refractivity contribution in [1.82, 2.24) is 15.1 Å². The van der Waals surface area contributed by atoms with Crippen LogP contribution in [0.25, 0.3) is 5.69 Å². The summed E-state index contributed by atoms with van der Waals surface area (Å²) in [6.45, 7) is 7.11. The molecule has 0 aliphatic carbocycles. The summed E-state index contributed by atoms with van der Waals surface area (Å²) in [4.78, 5) is 11.1. The van der Waals surface area contributed by atoms with Gasteiger partial charge in [0.2, 0.25) is 0 Å². The molecule has 3 N–H and O–H groups in total. The molecule has 5 nitrogen and oxygen atoms in total. The molecule has 0 saturated carbocycles. The molecular formula is C15H20N4O. The standard InChI is InChI=1S/C15H20N4O/c1-10(2)17-7-12-4-5-14(11(3)6-12)19-9-13(8-18-19)15(16)20/h4-6,8-10,17H,7H2,1-3H3,(H2,16,20). The van der Waals surface area contributed by atoms with E-state index in [0.29, 0.717) is 11.6 Å². The first-order valence-corrected chi connectivity index (χ1v) is 6.65. The number of amides is 1. The van der Waals surface area contributed by atoms with Crippen molar-refractivity contribution in [2.45, 2.75) is 33.4 Å². The summed E-state index contributed by atoms with van der Waals surface area (Å²) in [6, 6.07) is 6.64. The van der Waals surface area contributed by atoms with Gasteiger partial charge in [-0.25, -0.2) is 4.68 Å². The van der Waals surface area contributed by atoms with E-state index in [1.807, 2.05) is 13.0 Å². The van der Waals surface area contributed by atoms with Crippen molar-refractivity contribution < 1.29 is 4.79 Å². The molecule has 20 heavy (non-hydrogen) atoms. The molecule has 0 fully saturated rings. The zero-order valence-corrected chi connectivity index (χ0v) is 12.1. The lowest BCUT2D eigenvalue weighted by Crippen LogP contribution is -2.21. The Labute approximate surface area is 118 Å². The minimum atomic E-state index is -0.466. The van der Waals surface area contributed by atoms with Crippen LogP contribution in [0, 0.1) is 6.92 Å². The third-order valence-corrected chi connectivity index (χ3v) is 3.09. The second-order valence-electron chi connectivity index (χ2n) is 5.19. The van der Waals surface area contributed by atoms with Crippen LogP contribution in [0.5, 0.6) is 0 Å². The largest absolute Gasteiger partial charge is 0.366 e. The monoisotopic (exact) mass is 272 g/mol. The summed E-state index contributed by atoms with van der Waals surface area (Å²) >= 11 is 0. The SMILES string of the molecule is Cc1cc(CNC(C)C)ccc1-n1cc(C(N)=O)cn1. The van der Waals surface area contributed by atoms with Crippen molar-refractivity contribution in [3.63, 3.8) is 0 Å². The number of benzene rings is 1. The molecule has 0 unspecified atom stereocenters. The Morgan fingerprint density at radius 1 is 1.45 bits per heavy atom. The third-order valence-electron chi connectivity index (χ3n) is 3.09. The van der Waals surface area contributed by atoms with Gasteiger partial charge in [0.25, 0.3) is 5.91 Å². The van der Waals surface area contributed by atoms with Crippen LogP contribution in [0.1, 0.15) is 35.3 Å². The average Bonchev–Trinajstić information content (AvgIpc) is 2.86. The smallest absolute Gasteiger partial charge is 0.251 e. The Morgan fingerprint density at radius 3 is 2.75 bits per heavy atom. The molecule has 0 atom stereocenters. The van der Waals surface area contributed by atoms with Gasteiger partial charge in [0.1, 0.15) is 0 Å². The maximum atomic E-state index is 11.1. The van der Waals surface area contributed by atoms with Crippen LogP contribution in [0.3, 0.4) is 0 Å². The van der Waals surface area contributed by atoms with E-state index < -0.39 is 5.91 Å². The summed E-state index contributed by atoms with van der Waals surface area (Å²) in [5, 5.41) is 7.56. The highest BCUT2D eigenvalue weighted by Gasteiger charge is 2.08. The molecule has 0 saturated heterocycles. The highest BCUT2D eigenvalue weighted by Crippen LogP contribution is 2.16. The van der Waals surface area contributed by atoms with Crippen molar-refractivity contribution in [2.75, 3.05) is 0 Å². The van der Waals surface area contributed by atoms with E-state index in [9.17, 15) is 4.79 Å². The summed E-state index contributed by atoms with van der Waals surface area (Å²) < 4.78 is 1.68. The van der Waals surface area contributed by atoms with E-state index in [0.717, 1.165) is 17.8 Å². The molecular weight excluding hydrogens is 252 g/mol. The van der Waals surface area contributed by atoms with E-state index >= 15 is 0 Å². The van der Waals surface area contributed by atoms with Crippen LogP contribution in [0.2, 0.25) is 0 Å². The van der Waals surface area contributed by atoms with Crippen LogP contribution in [0.4, 0.5) is 0 Å². The van der Waals surface area contributed by atoms with Crippen LogP contribution in [-0.4, -0.2) is 21.7 Å². The van der Waals surface area contributed by atoms with E-state index in [-0.39, 0.29) is 0 Å². The first kappa shape index (κ1) is 14.3. The third kappa shape index (κ3) is 3.24. The molecule has 1 aromatic carbocycles. The van der Waals surface area contributed by atoms with E-state index in [1.54, 1.807) is 10.9 Å². The number of primary amides is 1. The Hall–Kier alpha value is -2.14. The van der Waals surface area contributed by atoms with Gasteiger partial charge in [0.05, 0.1) is 17.4 Å². The Balaban J connectivity index is 2.22. The molecule has 1 amide bonds. The molecule has 5 heteroatoms. The number of nitrogens with two attached hydrogens (primary N) is 1. The first-order chi connectivity index (χ1) is 9.47. The van der Waals surface area contributed by atoms with Crippen molar-refractivity contribution >= 4 is 5.91 Å². The zero-order chi connectivity index (χ0) is 14.7. The molecule has 1 heterocycles. The molecule has 0 bridgehead atoms. The predicted molar refractivity (Wildman–Crippen MR) is 78.8 cm³/mol. The van der Waals surface area contributed by atoms with E-state index in [4.69, 9.17) is 5.73 Å². The fourth-order valence-corrected chi connectivity index (χ4v) is 1.99. The number of aryl methyl sites for hydroxylation is 1. The Bertz CT molecular complexity index is 616. The normalized spacial score (nSPS) is 11.0.